The first-order chi connectivity index (χ1) is 9.27. The van der Waals surface area contributed by atoms with Gasteiger partial charge >= 0.3 is 0 Å². The van der Waals surface area contributed by atoms with Gasteiger partial charge in [-0.1, -0.05) is 6.92 Å². The van der Waals surface area contributed by atoms with Crippen LogP contribution in [0.2, 0.25) is 0 Å². The van der Waals surface area contributed by atoms with Crippen LogP contribution in [0.3, 0.4) is 0 Å². The zero-order valence-corrected chi connectivity index (χ0v) is 12.1. The van der Waals surface area contributed by atoms with E-state index in [9.17, 15) is 0 Å². The molecule has 3 atom stereocenters. The molecule has 2 heterocycles. The predicted molar refractivity (Wildman–Crippen MR) is 75.3 cm³/mol. The maximum atomic E-state index is 5.71. The van der Waals surface area contributed by atoms with Gasteiger partial charge in [-0.25, -0.2) is 0 Å². The fourth-order valence-electron chi connectivity index (χ4n) is 2.75. The minimum absolute atomic E-state index is 0.202. The normalized spacial score (nSPS) is 24.4. The molecule has 19 heavy (non-hydrogen) atoms. The van der Waals surface area contributed by atoms with Crippen molar-refractivity contribution in [3.05, 3.63) is 24.0 Å². The molecule has 1 aromatic heterocycles. The summed E-state index contributed by atoms with van der Waals surface area (Å²) in [5.74, 6) is 1.31. The summed E-state index contributed by atoms with van der Waals surface area (Å²) in [6.07, 6.45) is 4.27. The number of aromatic nitrogens is 1. The Kier molecular flexibility index (Phi) is 5.16. The lowest BCUT2D eigenvalue weighted by atomic mass is 9.90. The Hall–Kier alpha value is -1.13. The molecule has 1 aliphatic rings. The van der Waals surface area contributed by atoms with Crippen molar-refractivity contribution in [2.75, 3.05) is 20.3 Å². The van der Waals surface area contributed by atoms with E-state index in [2.05, 4.69) is 24.1 Å². The fourth-order valence-corrected chi connectivity index (χ4v) is 2.75. The fraction of sp³-hybridized carbons (Fsp3) is 0.667. The monoisotopic (exact) mass is 264 g/mol. The molecule has 0 aliphatic carbocycles. The second-order valence-electron chi connectivity index (χ2n) is 5.05. The van der Waals surface area contributed by atoms with Crippen LogP contribution in [0.1, 0.15) is 38.4 Å². The van der Waals surface area contributed by atoms with Crippen LogP contribution in [-0.2, 0) is 4.74 Å². The number of ether oxygens (including phenoxy) is 2. The van der Waals surface area contributed by atoms with E-state index in [4.69, 9.17) is 9.47 Å². The van der Waals surface area contributed by atoms with Crippen LogP contribution in [0.5, 0.6) is 5.75 Å². The van der Waals surface area contributed by atoms with Gasteiger partial charge in [0, 0.05) is 18.7 Å². The Morgan fingerprint density at radius 3 is 3.05 bits per heavy atom. The van der Waals surface area contributed by atoms with Crippen molar-refractivity contribution in [3.63, 3.8) is 0 Å². The van der Waals surface area contributed by atoms with Gasteiger partial charge in [0.25, 0.3) is 0 Å². The molecule has 3 unspecified atom stereocenters. The van der Waals surface area contributed by atoms with E-state index in [1.807, 2.05) is 18.3 Å². The van der Waals surface area contributed by atoms with Crippen LogP contribution in [0.25, 0.3) is 0 Å². The lowest BCUT2D eigenvalue weighted by molar-refractivity contribution is 0.0945. The summed E-state index contributed by atoms with van der Waals surface area (Å²) < 4.78 is 11.2. The highest BCUT2D eigenvalue weighted by Crippen LogP contribution is 2.35. The molecule has 0 spiro atoms. The van der Waals surface area contributed by atoms with Crippen molar-refractivity contribution in [1.82, 2.24) is 10.3 Å². The lowest BCUT2D eigenvalue weighted by Gasteiger charge is -2.27. The third-order valence-corrected chi connectivity index (χ3v) is 3.79. The van der Waals surface area contributed by atoms with Crippen molar-refractivity contribution < 1.29 is 9.47 Å². The van der Waals surface area contributed by atoms with E-state index in [0.717, 1.165) is 37.4 Å². The second kappa shape index (κ2) is 6.87. The van der Waals surface area contributed by atoms with Crippen LogP contribution >= 0.6 is 0 Å². The maximum Gasteiger partial charge on any atom is 0.141 e. The summed E-state index contributed by atoms with van der Waals surface area (Å²) in [6, 6.07) is 4.09. The molecule has 0 amide bonds. The van der Waals surface area contributed by atoms with Crippen LogP contribution in [0, 0.1) is 5.92 Å². The number of hydrogen-bond acceptors (Lipinski definition) is 4. The molecule has 4 heteroatoms. The molecule has 0 aromatic carbocycles. The summed E-state index contributed by atoms with van der Waals surface area (Å²) in [7, 11) is 1.70. The molecule has 1 fully saturated rings. The zero-order chi connectivity index (χ0) is 13.7. The molecular weight excluding hydrogens is 240 g/mol. The summed E-state index contributed by atoms with van der Waals surface area (Å²) in [5, 5.41) is 3.61. The first-order valence-electron chi connectivity index (χ1n) is 7.11. The Labute approximate surface area is 115 Å². The highest BCUT2D eigenvalue weighted by molar-refractivity contribution is 5.30. The van der Waals surface area contributed by atoms with Crippen molar-refractivity contribution in [2.24, 2.45) is 5.92 Å². The summed E-state index contributed by atoms with van der Waals surface area (Å²) in [4.78, 5) is 4.54. The van der Waals surface area contributed by atoms with E-state index >= 15 is 0 Å². The molecule has 2 rings (SSSR count). The Morgan fingerprint density at radius 2 is 2.42 bits per heavy atom. The third-order valence-electron chi connectivity index (χ3n) is 3.79. The molecule has 1 saturated heterocycles. The zero-order valence-electron chi connectivity index (χ0n) is 12.1. The molecule has 0 bridgehead atoms. The first kappa shape index (κ1) is 14.3. The van der Waals surface area contributed by atoms with E-state index in [1.165, 1.54) is 0 Å². The third kappa shape index (κ3) is 3.25. The van der Waals surface area contributed by atoms with Gasteiger partial charge in [0.05, 0.1) is 24.9 Å². The molecule has 4 nitrogen and oxygen atoms in total. The molecule has 0 saturated carbocycles. The van der Waals surface area contributed by atoms with E-state index < -0.39 is 0 Å². The number of pyridine rings is 1. The number of methoxy groups -OCH3 is 1. The maximum absolute atomic E-state index is 5.71. The van der Waals surface area contributed by atoms with E-state index in [1.54, 1.807) is 7.11 Å². The van der Waals surface area contributed by atoms with Crippen molar-refractivity contribution in [2.45, 2.75) is 38.8 Å². The Balaban J connectivity index is 2.25. The summed E-state index contributed by atoms with van der Waals surface area (Å²) in [6.45, 7) is 6.14. The molecular formula is C15H24N2O2. The highest BCUT2D eigenvalue weighted by Gasteiger charge is 2.34. The number of nitrogens with zero attached hydrogens (tertiary/aromatic N) is 1. The number of nitrogens with one attached hydrogen (secondary N) is 1. The minimum atomic E-state index is 0.202. The smallest absolute Gasteiger partial charge is 0.141 e. The Morgan fingerprint density at radius 1 is 1.58 bits per heavy atom. The molecule has 0 radical (unpaired) electrons. The highest BCUT2D eigenvalue weighted by atomic mass is 16.5. The van der Waals surface area contributed by atoms with Gasteiger partial charge < -0.3 is 14.8 Å². The molecule has 1 N–H and O–H groups in total. The van der Waals surface area contributed by atoms with Gasteiger partial charge in [0.15, 0.2) is 0 Å². The topological polar surface area (TPSA) is 43.4 Å². The second-order valence-corrected chi connectivity index (χ2v) is 5.05. The molecule has 1 aromatic rings. The van der Waals surface area contributed by atoms with Crippen LogP contribution < -0.4 is 10.1 Å². The number of hydrogen-bond donors (Lipinski definition) is 1. The molecule has 1 aliphatic heterocycles. The van der Waals surface area contributed by atoms with Gasteiger partial charge in [0.2, 0.25) is 0 Å². The SMILES string of the molecule is CCCNC(c1ncccc1OC)C1CCOC1C. The average Bonchev–Trinajstić information content (AvgIpc) is 2.86. The van der Waals surface area contributed by atoms with E-state index in [-0.39, 0.29) is 12.1 Å². The van der Waals surface area contributed by atoms with Crippen molar-refractivity contribution in [3.8, 4) is 5.75 Å². The molecule has 106 valence electrons. The van der Waals surface area contributed by atoms with E-state index in [0.29, 0.717) is 5.92 Å². The standard InChI is InChI=1S/C15H24N2O2/c1-4-8-16-14(12-7-10-19-11(12)2)15-13(18-3)6-5-9-17-15/h5-6,9,11-12,14,16H,4,7-8,10H2,1-3H3. The van der Waals surface area contributed by atoms with Crippen LogP contribution in [0.15, 0.2) is 18.3 Å². The van der Waals surface area contributed by atoms with Crippen molar-refractivity contribution >= 4 is 0 Å². The quantitative estimate of drug-likeness (QED) is 0.857. The lowest BCUT2D eigenvalue weighted by Crippen LogP contribution is -2.33. The summed E-state index contributed by atoms with van der Waals surface area (Å²) >= 11 is 0. The van der Waals surface area contributed by atoms with Crippen LogP contribution in [-0.4, -0.2) is 31.3 Å². The van der Waals surface area contributed by atoms with Gasteiger partial charge in [-0.15, -0.1) is 0 Å². The van der Waals surface area contributed by atoms with Gasteiger partial charge in [-0.2, -0.15) is 0 Å². The largest absolute Gasteiger partial charge is 0.495 e. The first-order valence-corrected chi connectivity index (χ1v) is 7.11. The van der Waals surface area contributed by atoms with Crippen LogP contribution in [0.4, 0.5) is 0 Å². The van der Waals surface area contributed by atoms with Gasteiger partial charge in [-0.05, 0) is 38.4 Å². The Bertz CT molecular complexity index is 397. The van der Waals surface area contributed by atoms with Gasteiger partial charge in [-0.3, -0.25) is 4.98 Å². The predicted octanol–water partition coefficient (Wildman–Crippen LogP) is 2.56. The van der Waals surface area contributed by atoms with Crippen molar-refractivity contribution in [1.29, 1.82) is 0 Å². The minimum Gasteiger partial charge on any atom is -0.495 e. The van der Waals surface area contributed by atoms with Gasteiger partial charge in [0.1, 0.15) is 5.75 Å². The average molecular weight is 264 g/mol. The number of rotatable bonds is 6. The summed E-state index contributed by atoms with van der Waals surface area (Å²) in [5.41, 5.74) is 1.00.